The number of unbranched alkanes of at least 4 members (excludes halogenated alkanes) is 1. The minimum Gasteiger partial charge on any atom is -0.192 e. The first-order valence-corrected chi connectivity index (χ1v) is 12.4. The summed E-state index contributed by atoms with van der Waals surface area (Å²) in [5, 5.41) is 8.96. The number of rotatable bonds is 7. The van der Waals surface area contributed by atoms with Crippen molar-refractivity contribution in [3.63, 3.8) is 0 Å². The molecule has 2 heterocycles. The zero-order valence-corrected chi connectivity index (χ0v) is 18.4. The van der Waals surface area contributed by atoms with Crippen molar-refractivity contribution in [2.75, 3.05) is 0 Å². The van der Waals surface area contributed by atoms with Gasteiger partial charge in [0.2, 0.25) is 0 Å². The second-order valence-corrected chi connectivity index (χ2v) is 10.6. The van der Waals surface area contributed by atoms with E-state index < -0.39 is 0 Å². The summed E-state index contributed by atoms with van der Waals surface area (Å²) in [4.78, 5) is 2.86. The van der Waals surface area contributed by atoms with Gasteiger partial charge in [-0.2, -0.15) is 5.26 Å². The SMILES string of the molecule is CCCC[C@H]1CC[C@H](CCc2cc3sc(-c4ccc(C#N)cc4)cc3s2)CC1. The van der Waals surface area contributed by atoms with Crippen LogP contribution in [0.5, 0.6) is 0 Å². The van der Waals surface area contributed by atoms with E-state index in [0.717, 1.165) is 17.4 Å². The molecule has 0 atom stereocenters. The Labute approximate surface area is 177 Å². The average Bonchev–Trinajstić information content (AvgIpc) is 3.30. The molecule has 1 aliphatic rings. The van der Waals surface area contributed by atoms with Gasteiger partial charge in [0, 0.05) is 19.2 Å². The summed E-state index contributed by atoms with van der Waals surface area (Å²) in [6.07, 6.45) is 12.7. The van der Waals surface area contributed by atoms with Crippen molar-refractivity contribution in [2.45, 2.75) is 64.7 Å². The maximum absolute atomic E-state index is 8.96. The van der Waals surface area contributed by atoms with Gasteiger partial charge in [0.05, 0.1) is 11.6 Å². The Balaban J connectivity index is 1.32. The van der Waals surface area contributed by atoms with Crippen LogP contribution in [0.25, 0.3) is 19.8 Å². The molecule has 4 rings (SSSR count). The molecule has 0 bridgehead atoms. The fourth-order valence-electron chi connectivity index (χ4n) is 4.51. The minimum absolute atomic E-state index is 0.726. The Morgan fingerprint density at radius 2 is 1.61 bits per heavy atom. The topological polar surface area (TPSA) is 23.8 Å². The van der Waals surface area contributed by atoms with E-state index >= 15 is 0 Å². The second-order valence-electron chi connectivity index (χ2n) is 8.31. The van der Waals surface area contributed by atoms with E-state index in [2.05, 4.69) is 37.3 Å². The second kappa shape index (κ2) is 9.25. The van der Waals surface area contributed by atoms with Crippen LogP contribution in [-0.4, -0.2) is 0 Å². The molecule has 3 heteroatoms. The molecule has 1 fully saturated rings. The van der Waals surface area contributed by atoms with Gasteiger partial charge >= 0.3 is 0 Å². The van der Waals surface area contributed by atoms with Crippen LogP contribution in [0.1, 0.15) is 68.7 Å². The molecule has 0 unspecified atom stereocenters. The Bertz CT molecular complexity index is 902. The number of benzene rings is 1. The van der Waals surface area contributed by atoms with Crippen molar-refractivity contribution in [3.8, 4) is 16.5 Å². The highest BCUT2D eigenvalue weighted by molar-refractivity contribution is 7.29. The van der Waals surface area contributed by atoms with Crippen LogP contribution >= 0.6 is 22.7 Å². The predicted molar refractivity (Wildman–Crippen MR) is 123 cm³/mol. The molecular formula is C25H29NS2. The molecule has 1 saturated carbocycles. The van der Waals surface area contributed by atoms with Crippen LogP contribution in [0.3, 0.4) is 0 Å². The molecule has 0 aliphatic heterocycles. The van der Waals surface area contributed by atoms with Gasteiger partial charge in [-0.3, -0.25) is 0 Å². The number of fused-ring (bicyclic) bond motifs is 1. The van der Waals surface area contributed by atoms with Gasteiger partial charge in [0.15, 0.2) is 0 Å². The molecule has 1 nitrogen and oxygen atoms in total. The molecule has 0 saturated heterocycles. The maximum atomic E-state index is 8.96. The lowest BCUT2D eigenvalue weighted by Gasteiger charge is -2.28. The Hall–Kier alpha value is -1.63. The lowest BCUT2D eigenvalue weighted by molar-refractivity contribution is 0.250. The fraction of sp³-hybridized carbons (Fsp3) is 0.480. The molecule has 3 aromatic rings. The summed E-state index contributed by atoms with van der Waals surface area (Å²) in [6.45, 7) is 2.31. The number of nitrogens with zero attached hydrogens (tertiary/aromatic N) is 1. The average molecular weight is 408 g/mol. The van der Waals surface area contributed by atoms with Crippen molar-refractivity contribution >= 4 is 32.1 Å². The van der Waals surface area contributed by atoms with Crippen LogP contribution < -0.4 is 0 Å². The molecule has 1 aromatic carbocycles. The quantitative estimate of drug-likeness (QED) is 0.385. The van der Waals surface area contributed by atoms with Gasteiger partial charge in [-0.1, -0.05) is 64.0 Å². The number of nitriles is 1. The van der Waals surface area contributed by atoms with E-state index in [1.807, 2.05) is 34.8 Å². The zero-order chi connectivity index (χ0) is 19.3. The van der Waals surface area contributed by atoms with E-state index in [1.54, 1.807) is 4.88 Å². The van der Waals surface area contributed by atoms with E-state index in [1.165, 1.54) is 77.6 Å². The van der Waals surface area contributed by atoms with Crippen LogP contribution in [0, 0.1) is 23.2 Å². The summed E-state index contributed by atoms with van der Waals surface area (Å²) in [5.74, 6) is 1.97. The van der Waals surface area contributed by atoms with Crippen molar-refractivity contribution in [1.29, 1.82) is 5.26 Å². The normalized spacial score (nSPS) is 19.7. The molecule has 2 aromatic heterocycles. The summed E-state index contributed by atoms with van der Waals surface area (Å²) < 4.78 is 2.84. The van der Waals surface area contributed by atoms with Crippen LogP contribution in [0.4, 0.5) is 0 Å². The molecule has 28 heavy (non-hydrogen) atoms. The molecule has 0 radical (unpaired) electrons. The highest BCUT2D eigenvalue weighted by Crippen LogP contribution is 2.40. The Morgan fingerprint density at radius 1 is 0.929 bits per heavy atom. The smallest absolute Gasteiger partial charge is 0.0991 e. The predicted octanol–water partition coefficient (Wildman–Crippen LogP) is 8.43. The number of aryl methyl sites for hydroxylation is 1. The third-order valence-electron chi connectivity index (χ3n) is 6.29. The summed E-state index contributed by atoms with van der Waals surface area (Å²) in [7, 11) is 0. The van der Waals surface area contributed by atoms with Gasteiger partial charge in [0.25, 0.3) is 0 Å². The molecule has 0 spiro atoms. The summed E-state index contributed by atoms with van der Waals surface area (Å²) >= 11 is 3.86. The lowest BCUT2D eigenvalue weighted by atomic mass is 9.78. The standard InChI is InChI=1S/C25H29NS2/c1-2-3-4-18-5-7-19(8-6-18)11-14-22-15-24-25(27-22)16-23(28-24)21-12-9-20(17-26)10-13-21/h9-10,12-13,15-16,18-19H,2-8,11,14H2,1H3/t18-,19-. The van der Waals surface area contributed by atoms with E-state index in [0.29, 0.717) is 0 Å². The van der Waals surface area contributed by atoms with E-state index in [-0.39, 0.29) is 0 Å². The number of hydrogen-bond donors (Lipinski definition) is 0. The summed E-state index contributed by atoms with van der Waals surface area (Å²) in [5.41, 5.74) is 1.94. The van der Waals surface area contributed by atoms with Crippen LogP contribution in [0.2, 0.25) is 0 Å². The Kier molecular flexibility index (Phi) is 6.50. The van der Waals surface area contributed by atoms with Crippen molar-refractivity contribution in [1.82, 2.24) is 0 Å². The third kappa shape index (κ3) is 4.67. The van der Waals surface area contributed by atoms with Gasteiger partial charge < -0.3 is 0 Å². The lowest BCUT2D eigenvalue weighted by Crippen LogP contribution is -2.15. The molecule has 0 N–H and O–H groups in total. The summed E-state index contributed by atoms with van der Waals surface area (Å²) in [6, 6.07) is 14.9. The van der Waals surface area contributed by atoms with Gasteiger partial charge in [-0.05, 0) is 54.5 Å². The fourth-order valence-corrected chi connectivity index (χ4v) is 6.95. The zero-order valence-electron chi connectivity index (χ0n) is 16.7. The number of hydrogen-bond acceptors (Lipinski definition) is 3. The van der Waals surface area contributed by atoms with Crippen LogP contribution in [0.15, 0.2) is 36.4 Å². The van der Waals surface area contributed by atoms with Crippen molar-refractivity contribution in [3.05, 3.63) is 46.8 Å². The maximum Gasteiger partial charge on any atom is 0.0991 e. The first-order chi connectivity index (χ1) is 13.7. The first kappa shape index (κ1) is 19.7. The first-order valence-electron chi connectivity index (χ1n) is 10.8. The highest BCUT2D eigenvalue weighted by Gasteiger charge is 2.21. The molecular weight excluding hydrogens is 378 g/mol. The molecule has 0 amide bonds. The number of thiophene rings is 2. The van der Waals surface area contributed by atoms with Crippen LogP contribution in [-0.2, 0) is 6.42 Å². The van der Waals surface area contributed by atoms with Crippen molar-refractivity contribution < 1.29 is 0 Å². The van der Waals surface area contributed by atoms with E-state index in [9.17, 15) is 0 Å². The third-order valence-corrected chi connectivity index (χ3v) is 8.69. The van der Waals surface area contributed by atoms with Gasteiger partial charge in [-0.15, -0.1) is 22.7 Å². The largest absolute Gasteiger partial charge is 0.192 e. The van der Waals surface area contributed by atoms with Gasteiger partial charge in [-0.25, -0.2) is 0 Å². The highest BCUT2D eigenvalue weighted by atomic mass is 32.1. The minimum atomic E-state index is 0.726. The van der Waals surface area contributed by atoms with E-state index in [4.69, 9.17) is 5.26 Å². The van der Waals surface area contributed by atoms with Gasteiger partial charge in [0.1, 0.15) is 0 Å². The monoisotopic (exact) mass is 407 g/mol. The molecule has 1 aliphatic carbocycles. The van der Waals surface area contributed by atoms with Crippen molar-refractivity contribution in [2.24, 2.45) is 11.8 Å². The Morgan fingerprint density at radius 3 is 2.25 bits per heavy atom. The molecule has 146 valence electrons.